The molecule has 0 spiro atoms. The molecule has 2 unspecified atom stereocenters. The van der Waals surface area contributed by atoms with E-state index in [1.165, 1.54) is 12.0 Å². The summed E-state index contributed by atoms with van der Waals surface area (Å²) in [7, 11) is 0. The van der Waals surface area contributed by atoms with E-state index in [2.05, 4.69) is 0 Å². The number of carboxylic acid groups (broad SMARTS) is 1. The lowest BCUT2D eigenvalue weighted by molar-refractivity contribution is -0.136. The van der Waals surface area contributed by atoms with Crippen LogP contribution >= 0.6 is 0 Å². The summed E-state index contributed by atoms with van der Waals surface area (Å²) in [6.07, 6.45) is 6.42. The molecule has 3 heteroatoms. The van der Waals surface area contributed by atoms with Crippen molar-refractivity contribution in [2.24, 2.45) is 11.7 Å². The van der Waals surface area contributed by atoms with E-state index >= 15 is 0 Å². The van der Waals surface area contributed by atoms with Crippen molar-refractivity contribution in [3.63, 3.8) is 0 Å². The molecular formula is C11H19NO2. The molecule has 0 radical (unpaired) electrons. The van der Waals surface area contributed by atoms with Crippen LogP contribution in [0.1, 0.15) is 39.0 Å². The molecule has 0 saturated heterocycles. The van der Waals surface area contributed by atoms with Crippen molar-refractivity contribution in [3.8, 4) is 0 Å². The second-order valence-electron chi connectivity index (χ2n) is 4.17. The topological polar surface area (TPSA) is 63.3 Å². The van der Waals surface area contributed by atoms with Gasteiger partial charge in [-0.25, -0.2) is 0 Å². The Bertz CT molecular complexity index is 235. The van der Waals surface area contributed by atoms with Gasteiger partial charge in [0.1, 0.15) is 0 Å². The highest BCUT2D eigenvalue weighted by Gasteiger charge is 2.20. The maximum Gasteiger partial charge on any atom is 0.307 e. The second kappa shape index (κ2) is 5.15. The molecule has 1 aliphatic rings. The van der Waals surface area contributed by atoms with E-state index in [1.807, 2.05) is 13.0 Å². The SMILES string of the molecule is C/C(=C\CC(=O)O)C1CCCC(N)C1. The normalized spacial score (nSPS) is 28.9. The Hall–Kier alpha value is -0.830. The van der Waals surface area contributed by atoms with Crippen LogP contribution < -0.4 is 5.73 Å². The van der Waals surface area contributed by atoms with Crippen LogP contribution in [0, 0.1) is 5.92 Å². The summed E-state index contributed by atoms with van der Waals surface area (Å²) >= 11 is 0. The first kappa shape index (κ1) is 11.2. The molecule has 3 N–H and O–H groups in total. The Labute approximate surface area is 85.0 Å². The molecule has 1 saturated carbocycles. The van der Waals surface area contributed by atoms with Gasteiger partial charge in [-0.2, -0.15) is 0 Å². The van der Waals surface area contributed by atoms with Gasteiger partial charge in [-0.1, -0.05) is 18.1 Å². The molecule has 0 bridgehead atoms. The number of carboxylic acids is 1. The lowest BCUT2D eigenvalue weighted by Crippen LogP contribution is -2.28. The minimum Gasteiger partial charge on any atom is -0.481 e. The minimum absolute atomic E-state index is 0.136. The van der Waals surface area contributed by atoms with Gasteiger partial charge < -0.3 is 10.8 Å². The molecule has 3 nitrogen and oxygen atoms in total. The minimum atomic E-state index is -0.760. The first-order valence-electron chi connectivity index (χ1n) is 5.23. The van der Waals surface area contributed by atoms with Gasteiger partial charge in [-0.3, -0.25) is 4.79 Å². The maximum absolute atomic E-state index is 10.4. The Morgan fingerprint density at radius 1 is 1.57 bits per heavy atom. The van der Waals surface area contributed by atoms with Crippen molar-refractivity contribution in [2.75, 3.05) is 0 Å². The van der Waals surface area contributed by atoms with Crippen molar-refractivity contribution in [3.05, 3.63) is 11.6 Å². The van der Waals surface area contributed by atoms with Crippen LogP contribution in [-0.2, 0) is 4.79 Å². The average Bonchev–Trinajstić information content (AvgIpc) is 2.14. The fraction of sp³-hybridized carbons (Fsp3) is 0.727. The van der Waals surface area contributed by atoms with Gasteiger partial charge in [0.15, 0.2) is 0 Å². The monoisotopic (exact) mass is 197 g/mol. The molecule has 14 heavy (non-hydrogen) atoms. The number of hydrogen-bond donors (Lipinski definition) is 2. The first-order valence-corrected chi connectivity index (χ1v) is 5.23. The summed E-state index contributed by atoms with van der Waals surface area (Å²) in [5.41, 5.74) is 7.07. The van der Waals surface area contributed by atoms with E-state index in [0.29, 0.717) is 12.0 Å². The number of aliphatic carboxylic acids is 1. The fourth-order valence-electron chi connectivity index (χ4n) is 2.06. The lowest BCUT2D eigenvalue weighted by Gasteiger charge is -2.27. The molecule has 2 atom stereocenters. The molecular weight excluding hydrogens is 178 g/mol. The Kier molecular flexibility index (Phi) is 4.14. The Balaban J connectivity index is 2.46. The van der Waals surface area contributed by atoms with Crippen molar-refractivity contribution in [1.29, 1.82) is 0 Å². The summed E-state index contributed by atoms with van der Waals surface area (Å²) in [5, 5.41) is 8.54. The maximum atomic E-state index is 10.4. The van der Waals surface area contributed by atoms with Crippen LogP contribution in [0.5, 0.6) is 0 Å². The van der Waals surface area contributed by atoms with Crippen LogP contribution in [0.2, 0.25) is 0 Å². The molecule has 0 aromatic carbocycles. The average molecular weight is 197 g/mol. The smallest absolute Gasteiger partial charge is 0.307 e. The highest BCUT2D eigenvalue weighted by molar-refractivity contribution is 5.68. The van der Waals surface area contributed by atoms with E-state index in [0.717, 1.165) is 19.3 Å². The van der Waals surface area contributed by atoms with Gasteiger partial charge in [0.2, 0.25) is 0 Å². The predicted molar refractivity (Wildman–Crippen MR) is 55.9 cm³/mol. The first-order chi connectivity index (χ1) is 6.59. The third-order valence-corrected chi connectivity index (χ3v) is 2.96. The zero-order chi connectivity index (χ0) is 10.6. The molecule has 1 rings (SSSR count). The summed E-state index contributed by atoms with van der Waals surface area (Å²) in [4.78, 5) is 10.4. The third-order valence-electron chi connectivity index (χ3n) is 2.96. The van der Waals surface area contributed by atoms with E-state index in [-0.39, 0.29) is 6.42 Å². The van der Waals surface area contributed by atoms with Gasteiger partial charge in [-0.05, 0) is 32.1 Å². The standard InChI is InChI=1S/C11H19NO2/c1-8(5-6-11(13)14)9-3-2-4-10(12)7-9/h5,9-10H,2-4,6-7,12H2,1H3,(H,13,14)/b8-5+. The summed E-state index contributed by atoms with van der Waals surface area (Å²) in [6.45, 7) is 2.02. The van der Waals surface area contributed by atoms with Crippen LogP contribution in [0.4, 0.5) is 0 Å². The van der Waals surface area contributed by atoms with Crippen LogP contribution in [0.15, 0.2) is 11.6 Å². The lowest BCUT2D eigenvalue weighted by atomic mass is 9.81. The number of carbonyl (C=O) groups is 1. The van der Waals surface area contributed by atoms with Gasteiger partial charge in [0.05, 0.1) is 6.42 Å². The molecule has 0 heterocycles. The highest BCUT2D eigenvalue weighted by atomic mass is 16.4. The van der Waals surface area contributed by atoms with Crippen molar-refractivity contribution in [1.82, 2.24) is 0 Å². The number of hydrogen-bond acceptors (Lipinski definition) is 2. The van der Waals surface area contributed by atoms with Gasteiger partial charge >= 0.3 is 5.97 Å². The number of rotatable bonds is 3. The molecule has 80 valence electrons. The van der Waals surface area contributed by atoms with Gasteiger partial charge in [0, 0.05) is 6.04 Å². The fourth-order valence-corrected chi connectivity index (χ4v) is 2.06. The molecule has 0 aliphatic heterocycles. The Morgan fingerprint density at radius 2 is 2.29 bits per heavy atom. The van der Waals surface area contributed by atoms with Gasteiger partial charge in [0.25, 0.3) is 0 Å². The Morgan fingerprint density at radius 3 is 2.86 bits per heavy atom. The predicted octanol–water partition coefficient (Wildman–Crippen LogP) is 1.92. The summed E-state index contributed by atoms with van der Waals surface area (Å²) in [6, 6.07) is 0.307. The van der Waals surface area contributed by atoms with Crippen LogP contribution in [-0.4, -0.2) is 17.1 Å². The molecule has 0 aromatic heterocycles. The molecule has 0 aromatic rings. The molecule has 1 fully saturated rings. The number of allylic oxidation sites excluding steroid dienone is 1. The largest absolute Gasteiger partial charge is 0.481 e. The summed E-state index contributed by atoms with van der Waals surface area (Å²) < 4.78 is 0. The van der Waals surface area contributed by atoms with Gasteiger partial charge in [-0.15, -0.1) is 0 Å². The second-order valence-corrected chi connectivity index (χ2v) is 4.17. The van der Waals surface area contributed by atoms with E-state index < -0.39 is 5.97 Å². The van der Waals surface area contributed by atoms with Crippen LogP contribution in [0.25, 0.3) is 0 Å². The number of nitrogens with two attached hydrogens (primary N) is 1. The van der Waals surface area contributed by atoms with E-state index in [9.17, 15) is 4.79 Å². The van der Waals surface area contributed by atoms with Crippen molar-refractivity contribution < 1.29 is 9.90 Å². The molecule has 1 aliphatic carbocycles. The zero-order valence-electron chi connectivity index (χ0n) is 8.70. The highest BCUT2D eigenvalue weighted by Crippen LogP contribution is 2.28. The zero-order valence-corrected chi connectivity index (χ0v) is 8.70. The van der Waals surface area contributed by atoms with E-state index in [4.69, 9.17) is 10.8 Å². The quantitative estimate of drug-likeness (QED) is 0.679. The van der Waals surface area contributed by atoms with Crippen molar-refractivity contribution in [2.45, 2.75) is 45.1 Å². The third kappa shape index (κ3) is 3.50. The molecule has 0 amide bonds. The van der Waals surface area contributed by atoms with Crippen LogP contribution in [0.3, 0.4) is 0 Å². The van der Waals surface area contributed by atoms with Crippen molar-refractivity contribution >= 4 is 5.97 Å². The van der Waals surface area contributed by atoms with E-state index in [1.54, 1.807) is 0 Å². The summed E-state index contributed by atoms with van der Waals surface area (Å²) in [5.74, 6) is -0.248.